The molecule has 2 fully saturated rings. The first-order valence-electron chi connectivity index (χ1n) is 8.95. The van der Waals surface area contributed by atoms with Crippen molar-refractivity contribution in [1.82, 2.24) is 15.0 Å². The fraction of sp³-hybridized carbons (Fsp3) is 0.444. The predicted molar refractivity (Wildman–Crippen MR) is 98.3 cm³/mol. The van der Waals surface area contributed by atoms with E-state index in [1.54, 1.807) is 12.4 Å². The minimum Gasteiger partial charge on any atom is -0.368 e. The number of ether oxygens (including phenoxy) is 1. The zero-order valence-corrected chi connectivity index (χ0v) is 14.5. The van der Waals surface area contributed by atoms with Crippen LogP contribution < -0.4 is 15.1 Å². The molecule has 26 heavy (non-hydrogen) atoms. The van der Waals surface area contributed by atoms with Crippen molar-refractivity contribution in [2.75, 3.05) is 47.9 Å². The lowest BCUT2D eigenvalue weighted by atomic mass is 10.2. The van der Waals surface area contributed by atoms with Crippen molar-refractivity contribution in [3.8, 4) is 0 Å². The first-order valence-corrected chi connectivity index (χ1v) is 8.95. The molecule has 0 saturated carbocycles. The number of aromatic nitrogens is 3. The summed E-state index contributed by atoms with van der Waals surface area (Å²) >= 11 is 0. The van der Waals surface area contributed by atoms with Gasteiger partial charge in [-0.25, -0.2) is 15.0 Å². The molecular weight excluding hydrogens is 332 g/mol. The topological polar surface area (TPSA) is 83.5 Å². The molecule has 1 amide bonds. The molecular formula is C18H22N6O2. The van der Waals surface area contributed by atoms with E-state index in [9.17, 15) is 4.79 Å². The standard InChI is InChI=1S/C18H22N6O2/c25-17(15-4-3-11-26-15)22-14-12-20-18(21-13-14)24-9-7-23(8-10-24)16-5-1-2-6-19-16/h1-2,5-6,12-13,15H,3-4,7-11H2,(H,22,25). The highest BCUT2D eigenvalue weighted by molar-refractivity contribution is 5.94. The van der Waals surface area contributed by atoms with Crippen molar-refractivity contribution in [2.45, 2.75) is 18.9 Å². The normalized spacial score (nSPS) is 20.2. The minimum absolute atomic E-state index is 0.122. The van der Waals surface area contributed by atoms with E-state index in [0.29, 0.717) is 18.2 Å². The van der Waals surface area contributed by atoms with Crippen molar-refractivity contribution in [3.05, 3.63) is 36.8 Å². The van der Waals surface area contributed by atoms with Crippen LogP contribution in [0.5, 0.6) is 0 Å². The van der Waals surface area contributed by atoms with Gasteiger partial charge in [0.05, 0.1) is 18.1 Å². The molecule has 4 rings (SSSR count). The lowest BCUT2D eigenvalue weighted by molar-refractivity contribution is -0.124. The molecule has 0 radical (unpaired) electrons. The van der Waals surface area contributed by atoms with Crippen LogP contribution in [0.25, 0.3) is 0 Å². The van der Waals surface area contributed by atoms with E-state index in [4.69, 9.17) is 4.74 Å². The molecule has 1 N–H and O–H groups in total. The molecule has 1 unspecified atom stereocenters. The molecule has 8 nitrogen and oxygen atoms in total. The van der Waals surface area contributed by atoms with Gasteiger partial charge in [0.1, 0.15) is 11.9 Å². The Balaban J connectivity index is 1.32. The Morgan fingerprint density at radius 3 is 2.50 bits per heavy atom. The van der Waals surface area contributed by atoms with E-state index in [0.717, 1.165) is 44.8 Å². The lowest BCUT2D eigenvalue weighted by Crippen LogP contribution is -2.47. The maximum absolute atomic E-state index is 12.1. The van der Waals surface area contributed by atoms with Crippen molar-refractivity contribution in [2.24, 2.45) is 0 Å². The van der Waals surface area contributed by atoms with Crippen LogP contribution in [-0.4, -0.2) is 59.7 Å². The molecule has 0 bridgehead atoms. The Labute approximate surface area is 152 Å². The number of nitrogens with zero attached hydrogens (tertiary/aromatic N) is 5. The van der Waals surface area contributed by atoms with Crippen LogP contribution in [-0.2, 0) is 9.53 Å². The summed E-state index contributed by atoms with van der Waals surface area (Å²) < 4.78 is 5.38. The summed E-state index contributed by atoms with van der Waals surface area (Å²) in [5, 5.41) is 2.82. The molecule has 2 aliphatic rings. The van der Waals surface area contributed by atoms with Gasteiger partial charge in [-0.3, -0.25) is 4.79 Å². The van der Waals surface area contributed by atoms with Crippen LogP contribution in [0, 0.1) is 0 Å². The fourth-order valence-electron chi connectivity index (χ4n) is 3.23. The average molecular weight is 354 g/mol. The first-order chi connectivity index (χ1) is 12.8. The second kappa shape index (κ2) is 7.65. The van der Waals surface area contributed by atoms with Gasteiger partial charge in [0.15, 0.2) is 0 Å². The van der Waals surface area contributed by atoms with E-state index in [2.05, 4.69) is 30.1 Å². The Hall–Kier alpha value is -2.74. The molecule has 8 heteroatoms. The van der Waals surface area contributed by atoms with Gasteiger partial charge in [0.25, 0.3) is 5.91 Å². The SMILES string of the molecule is O=C(Nc1cnc(N2CCN(c3ccccn3)CC2)nc1)C1CCCO1. The van der Waals surface area contributed by atoms with Gasteiger partial charge in [-0.15, -0.1) is 0 Å². The summed E-state index contributed by atoms with van der Waals surface area (Å²) in [5.41, 5.74) is 0.598. The lowest BCUT2D eigenvalue weighted by Gasteiger charge is -2.35. The van der Waals surface area contributed by atoms with Gasteiger partial charge in [-0.2, -0.15) is 0 Å². The number of anilines is 3. The molecule has 0 aromatic carbocycles. The summed E-state index contributed by atoms with van der Waals surface area (Å²) in [6.45, 7) is 4.06. The number of carbonyl (C=O) groups excluding carboxylic acids is 1. The second-order valence-electron chi connectivity index (χ2n) is 6.42. The smallest absolute Gasteiger partial charge is 0.253 e. The number of rotatable bonds is 4. The van der Waals surface area contributed by atoms with Crippen molar-refractivity contribution in [1.29, 1.82) is 0 Å². The van der Waals surface area contributed by atoms with Crippen molar-refractivity contribution >= 4 is 23.4 Å². The third-order valence-corrected chi connectivity index (χ3v) is 4.66. The van der Waals surface area contributed by atoms with Crippen LogP contribution in [0.15, 0.2) is 36.8 Å². The largest absolute Gasteiger partial charge is 0.368 e. The number of nitrogens with one attached hydrogen (secondary N) is 1. The van der Waals surface area contributed by atoms with Gasteiger partial charge in [0, 0.05) is 39.0 Å². The van der Waals surface area contributed by atoms with Crippen LogP contribution >= 0.6 is 0 Å². The highest BCUT2D eigenvalue weighted by atomic mass is 16.5. The van der Waals surface area contributed by atoms with Gasteiger partial charge >= 0.3 is 0 Å². The second-order valence-corrected chi connectivity index (χ2v) is 6.42. The first kappa shape index (κ1) is 16.7. The summed E-state index contributed by atoms with van der Waals surface area (Å²) in [4.78, 5) is 29.7. The highest BCUT2D eigenvalue weighted by Crippen LogP contribution is 2.18. The van der Waals surface area contributed by atoms with E-state index in [-0.39, 0.29) is 12.0 Å². The Morgan fingerprint density at radius 2 is 1.85 bits per heavy atom. The van der Waals surface area contributed by atoms with Gasteiger partial charge in [-0.1, -0.05) is 6.07 Å². The molecule has 2 aromatic heterocycles. The number of hydrogen-bond donors (Lipinski definition) is 1. The van der Waals surface area contributed by atoms with Crippen LogP contribution in [0.1, 0.15) is 12.8 Å². The number of carbonyl (C=O) groups is 1. The van der Waals surface area contributed by atoms with Gasteiger partial charge in [0.2, 0.25) is 5.95 Å². The zero-order chi connectivity index (χ0) is 17.8. The van der Waals surface area contributed by atoms with Crippen molar-refractivity contribution < 1.29 is 9.53 Å². The van der Waals surface area contributed by atoms with Crippen LogP contribution in [0.2, 0.25) is 0 Å². The summed E-state index contributed by atoms with van der Waals surface area (Å²) in [5.74, 6) is 1.56. The molecule has 0 spiro atoms. The average Bonchev–Trinajstić information content (AvgIpc) is 3.25. The van der Waals surface area contributed by atoms with E-state index in [1.807, 2.05) is 24.4 Å². The molecule has 1 atom stereocenters. The Bertz CT molecular complexity index is 725. The molecule has 2 saturated heterocycles. The Kier molecular flexibility index (Phi) is 4.92. The Morgan fingerprint density at radius 1 is 1.08 bits per heavy atom. The minimum atomic E-state index is -0.352. The zero-order valence-electron chi connectivity index (χ0n) is 14.5. The fourth-order valence-corrected chi connectivity index (χ4v) is 3.23. The quantitative estimate of drug-likeness (QED) is 0.886. The number of amides is 1. The molecule has 0 aliphatic carbocycles. The molecule has 4 heterocycles. The van der Waals surface area contributed by atoms with Gasteiger partial charge in [-0.05, 0) is 25.0 Å². The van der Waals surface area contributed by atoms with E-state index < -0.39 is 0 Å². The maximum Gasteiger partial charge on any atom is 0.253 e. The highest BCUT2D eigenvalue weighted by Gasteiger charge is 2.24. The summed E-state index contributed by atoms with van der Waals surface area (Å²) in [7, 11) is 0. The van der Waals surface area contributed by atoms with Crippen LogP contribution in [0.4, 0.5) is 17.5 Å². The van der Waals surface area contributed by atoms with E-state index >= 15 is 0 Å². The third-order valence-electron chi connectivity index (χ3n) is 4.66. The summed E-state index contributed by atoms with van der Waals surface area (Å²) in [6, 6.07) is 5.95. The maximum atomic E-state index is 12.1. The molecule has 136 valence electrons. The number of piperazine rings is 1. The van der Waals surface area contributed by atoms with Crippen LogP contribution in [0.3, 0.4) is 0 Å². The number of pyridine rings is 1. The molecule has 2 aliphatic heterocycles. The van der Waals surface area contributed by atoms with Crippen molar-refractivity contribution in [3.63, 3.8) is 0 Å². The monoisotopic (exact) mass is 354 g/mol. The predicted octanol–water partition coefficient (Wildman–Crippen LogP) is 1.32. The molecule has 2 aromatic rings. The van der Waals surface area contributed by atoms with E-state index in [1.165, 1.54) is 0 Å². The van der Waals surface area contributed by atoms with Gasteiger partial charge < -0.3 is 19.9 Å². The number of hydrogen-bond acceptors (Lipinski definition) is 7. The third kappa shape index (κ3) is 3.75. The summed E-state index contributed by atoms with van der Waals surface area (Å²) in [6.07, 6.45) is 6.47.